The minimum atomic E-state index is -4.98. The van der Waals surface area contributed by atoms with Gasteiger partial charge in [-0.1, -0.05) is 76.1 Å². The molecule has 10 heteroatoms. The number of halogens is 3. The fourth-order valence-electron chi connectivity index (χ4n) is 6.73. The highest BCUT2D eigenvalue weighted by atomic mass is 32.2. The summed E-state index contributed by atoms with van der Waals surface area (Å²) in [5, 5.41) is 10.2. The van der Waals surface area contributed by atoms with Crippen molar-refractivity contribution in [3.63, 3.8) is 0 Å². The lowest BCUT2D eigenvalue weighted by Gasteiger charge is -2.19. The summed E-state index contributed by atoms with van der Waals surface area (Å²) in [7, 11) is -4.56. The smallest absolute Gasteiger partial charge is 0.417 e. The number of para-hydroxylation sites is 1. The first-order valence-electron chi connectivity index (χ1n) is 16.5. The molecule has 6 nitrogen and oxygen atoms in total. The molecular weight excluding hydrogens is 627 g/mol. The first-order valence-corrected chi connectivity index (χ1v) is 18.0. The summed E-state index contributed by atoms with van der Waals surface area (Å²) in [5.74, 6) is -2.32. The quantitative estimate of drug-likeness (QED) is 0.106. The molecule has 0 saturated heterocycles. The minimum Gasteiger partial charge on any atom is -0.481 e. The number of carboxylic acid groups (broad SMARTS) is 1. The molecule has 4 aromatic rings. The highest BCUT2D eigenvalue weighted by Crippen LogP contribution is 2.43. The van der Waals surface area contributed by atoms with Gasteiger partial charge in [0.25, 0.3) is 0 Å². The Morgan fingerprint density at radius 3 is 2.32 bits per heavy atom. The second-order valence-electron chi connectivity index (χ2n) is 12.7. The Labute approximate surface area is 274 Å². The molecule has 1 aliphatic carbocycles. The van der Waals surface area contributed by atoms with Gasteiger partial charge in [-0.15, -0.1) is 0 Å². The Balaban J connectivity index is 1.39. The van der Waals surface area contributed by atoms with Crippen LogP contribution in [0.3, 0.4) is 0 Å². The van der Waals surface area contributed by atoms with Crippen molar-refractivity contribution in [2.45, 2.75) is 100 Å². The zero-order chi connectivity index (χ0) is 33.8. The third kappa shape index (κ3) is 7.97. The predicted molar refractivity (Wildman–Crippen MR) is 178 cm³/mol. The van der Waals surface area contributed by atoms with Crippen LogP contribution in [0.2, 0.25) is 0 Å². The lowest BCUT2D eigenvalue weighted by molar-refractivity contribution is -0.146. The second-order valence-corrected chi connectivity index (χ2v) is 14.9. The number of aliphatic carboxylic acids is 1. The van der Waals surface area contributed by atoms with Crippen LogP contribution in [0.1, 0.15) is 82.3 Å². The van der Waals surface area contributed by atoms with E-state index >= 15 is 0 Å². The minimum absolute atomic E-state index is 0.172. The molecule has 252 valence electrons. The van der Waals surface area contributed by atoms with Gasteiger partial charge >= 0.3 is 12.1 Å². The van der Waals surface area contributed by atoms with Gasteiger partial charge in [-0.3, -0.25) is 4.79 Å². The molecule has 5 rings (SSSR count). The van der Waals surface area contributed by atoms with Gasteiger partial charge in [-0.2, -0.15) is 13.2 Å². The van der Waals surface area contributed by atoms with Crippen molar-refractivity contribution in [1.82, 2.24) is 4.98 Å². The van der Waals surface area contributed by atoms with E-state index in [1.54, 1.807) is 6.07 Å². The number of rotatable bonds is 14. The van der Waals surface area contributed by atoms with Crippen LogP contribution in [0.15, 0.2) is 65.6 Å². The van der Waals surface area contributed by atoms with Crippen LogP contribution >= 0.6 is 0 Å². The largest absolute Gasteiger partial charge is 0.481 e. The maximum absolute atomic E-state index is 14.6. The number of unbranched alkanes of at least 4 members (excludes halogenated alkanes) is 7. The lowest BCUT2D eigenvalue weighted by Crippen LogP contribution is -2.25. The van der Waals surface area contributed by atoms with Gasteiger partial charge in [0.1, 0.15) is 0 Å². The zero-order valence-electron chi connectivity index (χ0n) is 26.9. The normalized spacial score (nSPS) is 18.7. The third-order valence-corrected chi connectivity index (χ3v) is 11.4. The van der Waals surface area contributed by atoms with E-state index < -0.39 is 49.7 Å². The number of aryl methyl sites for hydroxylation is 1. The lowest BCUT2D eigenvalue weighted by atomic mass is 9.97. The first-order chi connectivity index (χ1) is 22.4. The summed E-state index contributed by atoms with van der Waals surface area (Å²) in [6.45, 7) is 4.29. The maximum Gasteiger partial charge on any atom is 0.417 e. The van der Waals surface area contributed by atoms with Crippen LogP contribution in [0, 0.1) is 12.8 Å². The van der Waals surface area contributed by atoms with Crippen LogP contribution in [0.4, 0.5) is 13.2 Å². The van der Waals surface area contributed by atoms with Crippen LogP contribution in [0.5, 0.6) is 0 Å². The molecule has 0 bridgehead atoms. The van der Waals surface area contributed by atoms with Gasteiger partial charge in [-0.25, -0.2) is 13.4 Å². The van der Waals surface area contributed by atoms with Crippen molar-refractivity contribution in [3.05, 3.63) is 71.8 Å². The maximum atomic E-state index is 14.6. The van der Waals surface area contributed by atoms with Crippen LogP contribution in [-0.4, -0.2) is 42.4 Å². The molecule has 3 atom stereocenters. The van der Waals surface area contributed by atoms with E-state index in [1.165, 1.54) is 31.7 Å². The predicted octanol–water partition coefficient (Wildman–Crippen LogP) is 9.55. The van der Waals surface area contributed by atoms with Gasteiger partial charge in [0, 0.05) is 22.9 Å². The Kier molecular flexibility index (Phi) is 10.9. The summed E-state index contributed by atoms with van der Waals surface area (Å²) in [5.41, 5.74) is 1.39. The number of benzene rings is 3. The molecule has 0 unspecified atom stereocenters. The van der Waals surface area contributed by atoms with Crippen molar-refractivity contribution in [1.29, 1.82) is 0 Å². The van der Waals surface area contributed by atoms with Crippen molar-refractivity contribution in [2.75, 3.05) is 6.61 Å². The molecular formula is C37H42F3NO5S. The van der Waals surface area contributed by atoms with Crippen molar-refractivity contribution >= 4 is 37.6 Å². The van der Waals surface area contributed by atoms with E-state index in [9.17, 15) is 31.5 Å². The molecule has 1 N–H and O–H groups in total. The summed E-state index contributed by atoms with van der Waals surface area (Å²) in [4.78, 5) is 16.0. The Morgan fingerprint density at radius 1 is 0.915 bits per heavy atom. The van der Waals surface area contributed by atoms with Crippen LogP contribution in [-0.2, 0) is 25.5 Å². The fourth-order valence-corrected chi connectivity index (χ4v) is 8.73. The van der Waals surface area contributed by atoms with Crippen molar-refractivity contribution in [3.8, 4) is 11.1 Å². The number of hydrogen-bond acceptors (Lipinski definition) is 5. The van der Waals surface area contributed by atoms with E-state index in [-0.39, 0.29) is 25.0 Å². The van der Waals surface area contributed by atoms with Gasteiger partial charge in [-0.05, 0) is 73.7 Å². The molecule has 1 fully saturated rings. The monoisotopic (exact) mass is 669 g/mol. The van der Waals surface area contributed by atoms with Gasteiger partial charge in [0.05, 0.1) is 38.8 Å². The first kappa shape index (κ1) is 34.8. The Bertz CT molecular complexity index is 1840. The summed E-state index contributed by atoms with van der Waals surface area (Å²) >= 11 is 0. The molecule has 1 aromatic heterocycles. The number of carbonyl (C=O) groups is 1. The number of carboxylic acids is 1. The molecule has 0 radical (unpaired) electrons. The van der Waals surface area contributed by atoms with E-state index in [1.807, 2.05) is 43.3 Å². The summed E-state index contributed by atoms with van der Waals surface area (Å²) in [6.07, 6.45) is 2.24. The van der Waals surface area contributed by atoms with Crippen LogP contribution < -0.4 is 0 Å². The number of hydrogen-bond donors (Lipinski definition) is 1. The standard InChI is InChI=1S/C37H42F3NO5S/c1-3-4-5-6-7-8-9-12-17-46-33-23-28(22-30(33)36(42)43)47(44,45)34-16-15-25(21-31(34)37(38,39)40)29-19-24(2)18-27-20-26-13-10-11-14-32(26)41-35(27)29/h10-11,13-16,18-21,28,30,33H,3-9,12,17,22-23H2,1-2H3,(H,42,43)/t28-,30-,33-/m1/s1. The summed E-state index contributed by atoms with van der Waals surface area (Å²) in [6, 6.07) is 16.3. The van der Waals surface area contributed by atoms with Crippen molar-refractivity contribution < 1.29 is 36.2 Å². The number of nitrogens with zero attached hydrogens (tertiary/aromatic N) is 1. The second kappa shape index (κ2) is 14.7. The number of alkyl halides is 3. The third-order valence-electron chi connectivity index (χ3n) is 9.21. The Morgan fingerprint density at radius 2 is 1.62 bits per heavy atom. The molecule has 1 saturated carbocycles. The highest BCUT2D eigenvalue weighted by Gasteiger charge is 2.48. The van der Waals surface area contributed by atoms with Gasteiger partial charge in [0.2, 0.25) is 0 Å². The highest BCUT2D eigenvalue weighted by molar-refractivity contribution is 7.92. The van der Waals surface area contributed by atoms with E-state index in [0.717, 1.165) is 47.7 Å². The fraction of sp³-hybridized carbons (Fsp3) is 0.459. The number of fused-ring (bicyclic) bond motifs is 2. The van der Waals surface area contributed by atoms with Gasteiger partial charge < -0.3 is 9.84 Å². The molecule has 3 aromatic carbocycles. The van der Waals surface area contributed by atoms with Crippen LogP contribution in [0.25, 0.3) is 32.9 Å². The molecule has 47 heavy (non-hydrogen) atoms. The van der Waals surface area contributed by atoms with E-state index in [4.69, 9.17) is 9.72 Å². The SMILES string of the molecule is CCCCCCCCCCO[C@@H]1C[C@H](S(=O)(=O)c2ccc(-c3cc(C)cc4cc5ccccc5nc34)cc2C(F)(F)F)C[C@H]1C(=O)O. The average molecular weight is 670 g/mol. The number of ether oxygens (including phenoxy) is 1. The number of aromatic nitrogens is 1. The topological polar surface area (TPSA) is 93.6 Å². The molecule has 0 amide bonds. The zero-order valence-corrected chi connectivity index (χ0v) is 27.7. The van der Waals surface area contributed by atoms with E-state index in [0.29, 0.717) is 23.0 Å². The average Bonchev–Trinajstić information content (AvgIpc) is 3.47. The number of pyridine rings is 1. The molecule has 0 aliphatic heterocycles. The Hall–Kier alpha value is -3.50. The molecule has 1 aliphatic rings. The molecule has 1 heterocycles. The molecule has 0 spiro atoms. The van der Waals surface area contributed by atoms with E-state index in [2.05, 4.69) is 6.92 Å². The van der Waals surface area contributed by atoms with Gasteiger partial charge in [0.15, 0.2) is 9.84 Å². The van der Waals surface area contributed by atoms with Crippen molar-refractivity contribution in [2.24, 2.45) is 5.92 Å². The summed E-state index contributed by atoms with van der Waals surface area (Å²) < 4.78 is 77.3. The number of sulfone groups is 1.